The number of nitrogens with one attached hydrogen (secondary N) is 1. The molecule has 0 aliphatic rings. The Balaban J connectivity index is 1.95. The summed E-state index contributed by atoms with van der Waals surface area (Å²) in [5.74, 6) is -0.409. The minimum Gasteiger partial charge on any atom is -0.325 e. The molecule has 6 heteroatoms. The second-order valence-corrected chi connectivity index (χ2v) is 8.89. The monoisotopic (exact) mass is 408 g/mol. The number of rotatable bonds is 6. The van der Waals surface area contributed by atoms with Crippen molar-refractivity contribution in [1.29, 1.82) is 0 Å². The first-order valence-corrected chi connectivity index (χ1v) is 10.7. The molecule has 1 amide bonds. The van der Waals surface area contributed by atoms with Gasteiger partial charge >= 0.3 is 0 Å². The van der Waals surface area contributed by atoms with Gasteiger partial charge in [0, 0.05) is 5.69 Å². The van der Waals surface area contributed by atoms with Crippen LogP contribution in [-0.2, 0) is 14.8 Å². The van der Waals surface area contributed by atoms with Crippen molar-refractivity contribution in [3.63, 3.8) is 0 Å². The lowest BCUT2D eigenvalue weighted by Gasteiger charge is -2.25. The lowest BCUT2D eigenvalue weighted by atomic mass is 10.2. The van der Waals surface area contributed by atoms with Crippen LogP contribution in [0.15, 0.2) is 77.7 Å². The number of anilines is 2. The highest BCUT2D eigenvalue weighted by Gasteiger charge is 2.28. The van der Waals surface area contributed by atoms with Crippen LogP contribution in [0.3, 0.4) is 0 Å². The van der Waals surface area contributed by atoms with E-state index in [1.54, 1.807) is 48.5 Å². The summed E-state index contributed by atoms with van der Waals surface area (Å²) in [5, 5.41) is 2.78. The number of hydrogen-bond acceptors (Lipinski definition) is 3. The summed E-state index contributed by atoms with van der Waals surface area (Å²) in [5.41, 5.74) is 3.91. The van der Waals surface area contributed by atoms with Crippen LogP contribution in [0, 0.1) is 20.8 Å². The Labute approximate surface area is 172 Å². The molecule has 0 bridgehead atoms. The second-order valence-electron chi connectivity index (χ2n) is 7.03. The molecule has 0 spiro atoms. The van der Waals surface area contributed by atoms with Crippen molar-refractivity contribution in [1.82, 2.24) is 0 Å². The van der Waals surface area contributed by atoms with E-state index in [4.69, 9.17) is 0 Å². The van der Waals surface area contributed by atoms with E-state index in [0.717, 1.165) is 21.0 Å². The van der Waals surface area contributed by atoms with Crippen LogP contribution in [0.2, 0.25) is 0 Å². The number of para-hydroxylation sites is 1. The Morgan fingerprint density at radius 1 is 0.828 bits per heavy atom. The molecule has 3 aromatic rings. The second kappa shape index (κ2) is 8.49. The molecule has 0 heterocycles. The van der Waals surface area contributed by atoms with E-state index in [2.05, 4.69) is 5.32 Å². The molecule has 0 aromatic heterocycles. The Kier molecular flexibility index (Phi) is 6.03. The smallest absolute Gasteiger partial charge is 0.264 e. The van der Waals surface area contributed by atoms with E-state index >= 15 is 0 Å². The summed E-state index contributed by atoms with van der Waals surface area (Å²) in [4.78, 5) is 12.9. The van der Waals surface area contributed by atoms with Crippen LogP contribution in [0.1, 0.15) is 16.7 Å². The topological polar surface area (TPSA) is 66.5 Å². The van der Waals surface area contributed by atoms with Gasteiger partial charge in [0.25, 0.3) is 10.0 Å². The van der Waals surface area contributed by atoms with Gasteiger partial charge in [-0.3, -0.25) is 9.10 Å². The largest absolute Gasteiger partial charge is 0.325 e. The van der Waals surface area contributed by atoms with Gasteiger partial charge in [0.1, 0.15) is 6.54 Å². The first-order chi connectivity index (χ1) is 13.8. The van der Waals surface area contributed by atoms with Gasteiger partial charge in [-0.25, -0.2) is 8.42 Å². The number of aryl methyl sites for hydroxylation is 3. The number of carbonyl (C=O) groups is 1. The third kappa shape index (κ3) is 4.84. The first-order valence-electron chi connectivity index (χ1n) is 9.29. The highest BCUT2D eigenvalue weighted by molar-refractivity contribution is 7.92. The van der Waals surface area contributed by atoms with Crippen molar-refractivity contribution in [2.45, 2.75) is 25.7 Å². The molecule has 0 aliphatic heterocycles. The maximum atomic E-state index is 13.4. The van der Waals surface area contributed by atoms with Crippen LogP contribution < -0.4 is 9.62 Å². The Hall–Kier alpha value is -3.12. The summed E-state index contributed by atoms with van der Waals surface area (Å²) in [6.07, 6.45) is 0. The van der Waals surface area contributed by atoms with Crippen molar-refractivity contribution >= 4 is 27.3 Å². The zero-order chi connectivity index (χ0) is 21.0. The van der Waals surface area contributed by atoms with Gasteiger partial charge in [-0.1, -0.05) is 53.6 Å². The maximum Gasteiger partial charge on any atom is 0.264 e. The van der Waals surface area contributed by atoms with Gasteiger partial charge in [0.15, 0.2) is 0 Å². The van der Waals surface area contributed by atoms with Gasteiger partial charge in [-0.2, -0.15) is 0 Å². The minimum atomic E-state index is -3.91. The molecule has 150 valence electrons. The zero-order valence-corrected chi connectivity index (χ0v) is 17.5. The summed E-state index contributed by atoms with van der Waals surface area (Å²) < 4.78 is 27.9. The minimum absolute atomic E-state index is 0.148. The van der Waals surface area contributed by atoms with Crippen LogP contribution >= 0.6 is 0 Å². The molecule has 0 saturated carbocycles. The molecule has 3 rings (SSSR count). The Morgan fingerprint density at radius 3 is 1.97 bits per heavy atom. The molecule has 3 aromatic carbocycles. The summed E-state index contributed by atoms with van der Waals surface area (Å²) in [6.45, 7) is 5.35. The van der Waals surface area contributed by atoms with Crippen molar-refractivity contribution in [3.8, 4) is 0 Å². The van der Waals surface area contributed by atoms with E-state index in [9.17, 15) is 13.2 Å². The van der Waals surface area contributed by atoms with Gasteiger partial charge in [-0.15, -0.1) is 0 Å². The fourth-order valence-corrected chi connectivity index (χ4v) is 4.43. The van der Waals surface area contributed by atoms with Gasteiger partial charge in [0.05, 0.1) is 10.6 Å². The lowest BCUT2D eigenvalue weighted by Crippen LogP contribution is -2.38. The third-order valence-electron chi connectivity index (χ3n) is 4.62. The molecule has 0 fully saturated rings. The molecule has 0 aliphatic carbocycles. The molecular formula is C23H24N2O3S. The van der Waals surface area contributed by atoms with E-state index in [-0.39, 0.29) is 11.4 Å². The standard InChI is InChI=1S/C23H24N2O3S/c1-17-8-12-20(13-9-17)24-23(26)16-25(22-7-5-4-6-19(22)3)29(27,28)21-14-10-18(2)11-15-21/h4-15H,16H2,1-3H3,(H,24,26). The van der Waals surface area contributed by atoms with Crippen molar-refractivity contribution in [2.24, 2.45) is 0 Å². The fraction of sp³-hybridized carbons (Fsp3) is 0.174. The molecule has 5 nitrogen and oxygen atoms in total. The normalized spacial score (nSPS) is 11.1. The van der Waals surface area contributed by atoms with Crippen LogP contribution in [0.4, 0.5) is 11.4 Å². The molecule has 0 saturated heterocycles. The zero-order valence-electron chi connectivity index (χ0n) is 16.7. The van der Waals surface area contributed by atoms with Gasteiger partial charge in [0.2, 0.25) is 5.91 Å². The maximum absolute atomic E-state index is 13.4. The SMILES string of the molecule is Cc1ccc(NC(=O)CN(c2ccccc2C)S(=O)(=O)c2ccc(C)cc2)cc1. The van der Waals surface area contributed by atoms with Crippen molar-refractivity contribution in [3.05, 3.63) is 89.5 Å². The number of nitrogens with zero attached hydrogens (tertiary/aromatic N) is 1. The van der Waals surface area contributed by atoms with Gasteiger partial charge < -0.3 is 5.32 Å². The predicted octanol–water partition coefficient (Wildman–Crippen LogP) is 4.45. The van der Waals surface area contributed by atoms with Crippen molar-refractivity contribution in [2.75, 3.05) is 16.2 Å². The molecule has 0 radical (unpaired) electrons. The summed E-state index contributed by atoms with van der Waals surface area (Å²) >= 11 is 0. The van der Waals surface area contributed by atoms with E-state index < -0.39 is 15.9 Å². The van der Waals surface area contributed by atoms with E-state index in [1.165, 1.54) is 0 Å². The van der Waals surface area contributed by atoms with Crippen LogP contribution in [-0.4, -0.2) is 20.9 Å². The Morgan fingerprint density at radius 2 is 1.38 bits per heavy atom. The lowest BCUT2D eigenvalue weighted by molar-refractivity contribution is -0.114. The highest BCUT2D eigenvalue weighted by Crippen LogP contribution is 2.27. The number of carbonyl (C=O) groups excluding carboxylic acids is 1. The van der Waals surface area contributed by atoms with Gasteiger partial charge in [-0.05, 0) is 56.7 Å². The average Bonchev–Trinajstić information content (AvgIpc) is 2.69. The molecule has 0 atom stereocenters. The molecule has 29 heavy (non-hydrogen) atoms. The highest BCUT2D eigenvalue weighted by atomic mass is 32.2. The number of hydrogen-bond donors (Lipinski definition) is 1. The van der Waals surface area contributed by atoms with Crippen LogP contribution in [0.5, 0.6) is 0 Å². The predicted molar refractivity (Wildman–Crippen MR) is 117 cm³/mol. The van der Waals surface area contributed by atoms with E-state index in [0.29, 0.717) is 11.4 Å². The number of amides is 1. The van der Waals surface area contributed by atoms with Crippen LogP contribution in [0.25, 0.3) is 0 Å². The van der Waals surface area contributed by atoms with E-state index in [1.807, 2.05) is 45.0 Å². The fourth-order valence-electron chi connectivity index (χ4n) is 2.95. The average molecular weight is 409 g/mol. The third-order valence-corrected chi connectivity index (χ3v) is 6.39. The molecule has 0 unspecified atom stereocenters. The Bertz CT molecular complexity index is 1110. The molecule has 1 N–H and O–H groups in total. The molecular weight excluding hydrogens is 384 g/mol. The quantitative estimate of drug-likeness (QED) is 0.655. The summed E-state index contributed by atoms with van der Waals surface area (Å²) in [6, 6.07) is 21.1. The summed E-state index contributed by atoms with van der Waals surface area (Å²) in [7, 11) is -3.91. The number of benzene rings is 3. The number of sulfonamides is 1. The van der Waals surface area contributed by atoms with Crippen molar-refractivity contribution < 1.29 is 13.2 Å². The first kappa shape index (κ1) is 20.6.